The van der Waals surface area contributed by atoms with Crippen molar-refractivity contribution in [3.63, 3.8) is 0 Å². The Morgan fingerprint density at radius 1 is 0.529 bits per heavy atom. The summed E-state index contributed by atoms with van der Waals surface area (Å²) in [4.78, 5) is 0. The van der Waals surface area contributed by atoms with Crippen molar-refractivity contribution in [3.8, 4) is 0 Å². The van der Waals surface area contributed by atoms with Gasteiger partial charge < -0.3 is 0 Å². The van der Waals surface area contributed by atoms with Gasteiger partial charge in [0, 0.05) is 5.39 Å². The van der Waals surface area contributed by atoms with Gasteiger partial charge in [-0.25, -0.2) is 13.2 Å². The van der Waals surface area contributed by atoms with Crippen molar-refractivity contribution in [2.45, 2.75) is 58.3 Å². The van der Waals surface area contributed by atoms with Gasteiger partial charge in [0.2, 0.25) is 0 Å². The van der Waals surface area contributed by atoms with Crippen molar-refractivity contribution in [2.24, 2.45) is 0 Å². The van der Waals surface area contributed by atoms with Crippen LogP contribution in [0.15, 0.2) is 72.8 Å². The third-order valence-electron chi connectivity index (χ3n) is 6.56. The highest BCUT2D eigenvalue weighted by molar-refractivity contribution is 5.84. The van der Waals surface area contributed by atoms with Crippen LogP contribution in [0.5, 0.6) is 0 Å². The fraction of sp³-hybridized carbons (Fsp3) is 0.290. The molecule has 0 bridgehead atoms. The second-order valence-electron chi connectivity index (χ2n) is 9.12. The molecular weight excluding hydrogens is 429 g/mol. The predicted molar refractivity (Wildman–Crippen MR) is 135 cm³/mol. The molecule has 0 radical (unpaired) electrons. The first-order valence-electron chi connectivity index (χ1n) is 12.2. The molecule has 0 amide bonds. The largest absolute Gasteiger partial charge is 0.206 e. The second kappa shape index (κ2) is 11.4. The third kappa shape index (κ3) is 6.08. The molecule has 0 fully saturated rings. The first-order valence-corrected chi connectivity index (χ1v) is 12.2. The van der Waals surface area contributed by atoms with Crippen LogP contribution in [-0.4, -0.2) is 0 Å². The van der Waals surface area contributed by atoms with Crippen molar-refractivity contribution < 1.29 is 13.2 Å². The number of halogens is 3. The zero-order valence-electron chi connectivity index (χ0n) is 19.7. The van der Waals surface area contributed by atoms with Gasteiger partial charge in [0.15, 0.2) is 11.6 Å². The number of hydrogen-bond acceptors (Lipinski definition) is 0. The minimum Gasteiger partial charge on any atom is -0.206 e. The van der Waals surface area contributed by atoms with E-state index in [-0.39, 0.29) is 5.82 Å². The lowest BCUT2D eigenvalue weighted by molar-refractivity contribution is 0.507. The van der Waals surface area contributed by atoms with Gasteiger partial charge in [-0.3, -0.25) is 0 Å². The van der Waals surface area contributed by atoms with Gasteiger partial charge in [-0.05, 0) is 83.9 Å². The van der Waals surface area contributed by atoms with Gasteiger partial charge in [0.05, 0.1) is 0 Å². The Morgan fingerprint density at radius 2 is 1.15 bits per heavy atom. The van der Waals surface area contributed by atoms with Crippen LogP contribution in [0.2, 0.25) is 0 Å². The minimum atomic E-state index is -0.869. The van der Waals surface area contributed by atoms with Gasteiger partial charge in [0.1, 0.15) is 5.82 Å². The molecule has 0 heterocycles. The Bertz CT molecular complexity index is 1240. The zero-order chi connectivity index (χ0) is 23.9. The first kappa shape index (κ1) is 24.1. The van der Waals surface area contributed by atoms with Crippen LogP contribution in [0, 0.1) is 17.5 Å². The average Bonchev–Trinajstić information content (AvgIpc) is 2.85. The number of rotatable bonds is 10. The normalized spacial score (nSPS) is 11.3. The number of hydrogen-bond donors (Lipinski definition) is 0. The fourth-order valence-electron chi connectivity index (χ4n) is 4.45. The highest BCUT2D eigenvalue weighted by atomic mass is 19.2. The molecule has 3 heteroatoms. The van der Waals surface area contributed by atoms with Crippen LogP contribution in [0.3, 0.4) is 0 Å². The number of aryl methyl sites for hydroxylation is 5. The number of benzene rings is 4. The topological polar surface area (TPSA) is 0 Å². The van der Waals surface area contributed by atoms with E-state index in [9.17, 15) is 8.78 Å². The van der Waals surface area contributed by atoms with E-state index in [2.05, 4.69) is 37.3 Å². The van der Waals surface area contributed by atoms with Crippen molar-refractivity contribution >= 4 is 10.8 Å². The van der Waals surface area contributed by atoms with Gasteiger partial charge in [0.25, 0.3) is 0 Å². The molecule has 0 nitrogen and oxygen atoms in total. The molecular formula is C31H31F3. The molecule has 0 saturated heterocycles. The average molecular weight is 461 g/mol. The highest BCUT2D eigenvalue weighted by Crippen LogP contribution is 2.24. The van der Waals surface area contributed by atoms with Gasteiger partial charge >= 0.3 is 0 Å². The summed E-state index contributed by atoms with van der Waals surface area (Å²) in [6.07, 6.45) is 7.66. The molecule has 4 aromatic carbocycles. The lowest BCUT2D eigenvalue weighted by Gasteiger charge is -2.10. The molecule has 0 spiro atoms. The Morgan fingerprint density at radius 3 is 1.88 bits per heavy atom. The SMILES string of the molecule is CCCCCc1ccc(CCc2ccc3c(F)c(CCc4ccc(F)c(F)c4)ccc3c2)cc1. The van der Waals surface area contributed by atoms with E-state index < -0.39 is 11.6 Å². The molecule has 4 aromatic rings. The van der Waals surface area contributed by atoms with Crippen LogP contribution in [0.25, 0.3) is 10.8 Å². The maximum atomic E-state index is 15.1. The maximum Gasteiger partial charge on any atom is 0.159 e. The second-order valence-corrected chi connectivity index (χ2v) is 9.12. The summed E-state index contributed by atoms with van der Waals surface area (Å²) >= 11 is 0. The summed E-state index contributed by atoms with van der Waals surface area (Å²) in [6, 6.07) is 22.5. The molecule has 0 saturated carbocycles. The standard InChI is InChI=1S/C31H31F3/c1-2-3-4-5-22-6-8-23(9-7-22)10-11-24-13-18-28-27(20-24)17-16-26(31(28)34)15-12-25-14-19-29(32)30(33)21-25/h6-9,13-14,16-21H,2-5,10-12,15H2,1H3. The lowest BCUT2D eigenvalue weighted by Crippen LogP contribution is -1.98. The molecule has 0 aliphatic carbocycles. The molecule has 0 atom stereocenters. The number of fused-ring (bicyclic) bond motifs is 1. The smallest absolute Gasteiger partial charge is 0.159 e. The Kier molecular flexibility index (Phi) is 8.05. The first-order chi connectivity index (χ1) is 16.5. The Labute approximate surface area is 200 Å². The summed E-state index contributed by atoms with van der Waals surface area (Å²) in [5.41, 5.74) is 5.15. The summed E-state index contributed by atoms with van der Waals surface area (Å²) in [5, 5.41) is 1.49. The molecule has 0 aliphatic heterocycles. The zero-order valence-corrected chi connectivity index (χ0v) is 19.7. The maximum absolute atomic E-state index is 15.1. The fourth-order valence-corrected chi connectivity index (χ4v) is 4.45. The summed E-state index contributed by atoms with van der Waals surface area (Å²) in [7, 11) is 0. The monoisotopic (exact) mass is 460 g/mol. The van der Waals surface area contributed by atoms with E-state index in [1.807, 2.05) is 18.2 Å². The molecule has 0 aromatic heterocycles. The summed E-state index contributed by atoms with van der Waals surface area (Å²) in [5.74, 6) is -1.96. The van der Waals surface area contributed by atoms with E-state index in [4.69, 9.17) is 0 Å². The Balaban J connectivity index is 1.38. The molecule has 0 N–H and O–H groups in total. The van der Waals surface area contributed by atoms with Crippen LogP contribution in [-0.2, 0) is 32.1 Å². The summed E-state index contributed by atoms with van der Waals surface area (Å²) in [6.45, 7) is 2.22. The molecule has 0 unspecified atom stereocenters. The van der Waals surface area contributed by atoms with Gasteiger partial charge in [-0.1, -0.05) is 80.4 Å². The molecule has 34 heavy (non-hydrogen) atoms. The van der Waals surface area contributed by atoms with Crippen LogP contribution < -0.4 is 0 Å². The number of unbranched alkanes of at least 4 members (excludes halogenated alkanes) is 2. The van der Waals surface area contributed by atoms with Crippen molar-refractivity contribution in [1.29, 1.82) is 0 Å². The van der Waals surface area contributed by atoms with Crippen molar-refractivity contribution in [3.05, 3.63) is 118 Å². The quantitative estimate of drug-likeness (QED) is 0.208. The van der Waals surface area contributed by atoms with Gasteiger partial charge in [-0.15, -0.1) is 0 Å². The minimum absolute atomic E-state index is 0.231. The molecule has 176 valence electrons. The van der Waals surface area contributed by atoms with E-state index in [0.717, 1.165) is 30.7 Å². The molecule has 4 rings (SSSR count). The highest BCUT2D eigenvalue weighted by Gasteiger charge is 2.10. The van der Waals surface area contributed by atoms with E-state index in [1.165, 1.54) is 42.0 Å². The van der Waals surface area contributed by atoms with Crippen molar-refractivity contribution in [2.75, 3.05) is 0 Å². The third-order valence-corrected chi connectivity index (χ3v) is 6.56. The van der Waals surface area contributed by atoms with Crippen LogP contribution >= 0.6 is 0 Å². The van der Waals surface area contributed by atoms with E-state index in [0.29, 0.717) is 29.4 Å². The van der Waals surface area contributed by atoms with E-state index >= 15 is 4.39 Å². The Hall–Kier alpha value is -3.07. The predicted octanol–water partition coefficient (Wildman–Crippen LogP) is 8.56. The van der Waals surface area contributed by atoms with Crippen LogP contribution in [0.1, 0.15) is 54.0 Å². The lowest BCUT2D eigenvalue weighted by atomic mass is 9.97. The molecule has 0 aliphatic rings. The van der Waals surface area contributed by atoms with Crippen molar-refractivity contribution in [1.82, 2.24) is 0 Å². The van der Waals surface area contributed by atoms with E-state index in [1.54, 1.807) is 12.1 Å². The van der Waals surface area contributed by atoms with Crippen LogP contribution in [0.4, 0.5) is 13.2 Å². The summed E-state index contributed by atoms with van der Waals surface area (Å²) < 4.78 is 41.7. The van der Waals surface area contributed by atoms with Gasteiger partial charge in [-0.2, -0.15) is 0 Å².